The molecule has 1 amide bonds. The maximum Gasteiger partial charge on any atom is 0.394 e. The van der Waals surface area contributed by atoms with E-state index < -0.39 is 48.0 Å². The van der Waals surface area contributed by atoms with Crippen molar-refractivity contribution >= 4 is 29.4 Å². The molecular weight excluding hydrogens is 697 g/mol. The summed E-state index contributed by atoms with van der Waals surface area (Å²) in [6, 6.07) is 11.2. The predicted octanol–water partition coefficient (Wildman–Crippen LogP) is 7.59. The van der Waals surface area contributed by atoms with E-state index >= 15 is 0 Å². The number of rotatable bonds is 12. The van der Waals surface area contributed by atoms with E-state index in [0.717, 1.165) is 37.8 Å². The van der Waals surface area contributed by atoms with Crippen molar-refractivity contribution in [3.63, 3.8) is 0 Å². The molecule has 1 aliphatic heterocycles. The van der Waals surface area contributed by atoms with Gasteiger partial charge in [0.05, 0.1) is 34.8 Å². The third-order valence-corrected chi connectivity index (χ3v) is 9.90. The fourth-order valence-electron chi connectivity index (χ4n) is 6.18. The van der Waals surface area contributed by atoms with E-state index in [1.807, 2.05) is 6.92 Å². The largest absolute Gasteiger partial charge is 0.463 e. The molecule has 0 saturated heterocycles. The fraction of sp³-hybridized carbons (Fsp3) is 0.400. The first-order chi connectivity index (χ1) is 23.9. The SMILES string of the molecule is CC1(CC(=O)OC[C@H](c2ccc(Cl)c(-n3cccn3)c2)N2C(=O)[C@@](CC(C)(C)C(F)(F)F)(c3ccc(-c4cnn(C(F)F)c4)cc3)N=C2N)CC1. The van der Waals surface area contributed by atoms with Gasteiger partial charge in [-0.25, -0.2) is 14.4 Å². The quantitative estimate of drug-likeness (QED) is 0.118. The summed E-state index contributed by atoms with van der Waals surface area (Å²) >= 11 is 6.51. The highest BCUT2D eigenvalue weighted by Gasteiger charge is 2.59. The summed E-state index contributed by atoms with van der Waals surface area (Å²) in [5, 5.41) is 8.18. The zero-order valence-corrected chi connectivity index (χ0v) is 28.6. The highest BCUT2D eigenvalue weighted by molar-refractivity contribution is 6.32. The number of amides is 1. The molecule has 2 aromatic carbocycles. The van der Waals surface area contributed by atoms with E-state index in [9.17, 15) is 31.5 Å². The Morgan fingerprint density at radius 3 is 2.37 bits per heavy atom. The van der Waals surface area contributed by atoms with E-state index in [-0.39, 0.29) is 30.0 Å². The second kappa shape index (κ2) is 13.1. The maximum absolute atomic E-state index is 14.8. The topological polar surface area (TPSA) is 121 Å². The number of alkyl halides is 5. The van der Waals surface area contributed by atoms with Crippen LogP contribution in [0.2, 0.25) is 5.02 Å². The van der Waals surface area contributed by atoms with Gasteiger partial charge in [-0.15, -0.1) is 0 Å². The summed E-state index contributed by atoms with van der Waals surface area (Å²) < 4.78 is 77.5. The van der Waals surface area contributed by atoms with Crippen LogP contribution in [0.15, 0.2) is 78.3 Å². The highest BCUT2D eigenvalue weighted by Crippen LogP contribution is 2.51. The molecule has 2 N–H and O–H groups in total. The van der Waals surface area contributed by atoms with E-state index in [1.165, 1.54) is 35.1 Å². The van der Waals surface area contributed by atoms with Crippen molar-refractivity contribution in [2.24, 2.45) is 21.6 Å². The second-order valence-corrected chi connectivity index (χ2v) is 14.4. The van der Waals surface area contributed by atoms with Gasteiger partial charge in [-0.2, -0.15) is 32.1 Å². The van der Waals surface area contributed by atoms with Gasteiger partial charge in [0.15, 0.2) is 11.5 Å². The van der Waals surface area contributed by atoms with Crippen LogP contribution in [0.1, 0.15) is 70.2 Å². The lowest BCUT2D eigenvalue weighted by molar-refractivity contribution is -0.218. The molecule has 4 aromatic rings. The summed E-state index contributed by atoms with van der Waals surface area (Å²) in [6.45, 7) is 0.643. The van der Waals surface area contributed by atoms with Crippen LogP contribution in [0.3, 0.4) is 0 Å². The lowest BCUT2D eigenvalue weighted by atomic mass is 9.74. The second-order valence-electron chi connectivity index (χ2n) is 14.0. The van der Waals surface area contributed by atoms with Crippen molar-refractivity contribution in [1.82, 2.24) is 24.5 Å². The third kappa shape index (κ3) is 7.08. The minimum absolute atomic E-state index is 0.0889. The van der Waals surface area contributed by atoms with Gasteiger partial charge in [0.2, 0.25) is 0 Å². The average Bonchev–Trinajstić information content (AvgIpc) is 3.45. The number of aliphatic imine (C=N–C) groups is 1. The van der Waals surface area contributed by atoms with Crippen LogP contribution >= 0.6 is 11.6 Å². The standard InChI is InChI=1S/C35H35ClF5N7O3/c1-32(2,35(39,40)41)20-34(24-8-5-21(6-9-24)23-17-44-47(18-23)30(37)38)29(50)48(31(42)45-34)27(19-51-28(49)16-33(3)11-12-33)22-7-10-25(36)26(15-22)46-14-4-13-43-46/h4-10,13-15,17-18,27,30H,11-12,16,19-20H2,1-3H3,(H2,42,45)/t27-,34-/m1/s1. The Labute approximate surface area is 295 Å². The van der Waals surface area contributed by atoms with Crippen molar-refractivity contribution in [3.05, 3.63) is 89.5 Å². The van der Waals surface area contributed by atoms with Crippen LogP contribution in [0, 0.1) is 10.8 Å². The van der Waals surface area contributed by atoms with Gasteiger partial charge in [0.25, 0.3) is 5.91 Å². The third-order valence-electron chi connectivity index (χ3n) is 9.58. The molecule has 0 bridgehead atoms. The Bertz CT molecular complexity index is 1960. The smallest absolute Gasteiger partial charge is 0.394 e. The molecular formula is C35H35ClF5N7O3. The molecule has 6 rings (SSSR count). The number of ether oxygens (including phenoxy) is 1. The van der Waals surface area contributed by atoms with Gasteiger partial charge in [-0.1, -0.05) is 62.7 Å². The van der Waals surface area contributed by atoms with Crippen LogP contribution in [0.25, 0.3) is 16.8 Å². The minimum Gasteiger partial charge on any atom is -0.463 e. The lowest BCUT2D eigenvalue weighted by Gasteiger charge is -2.37. The number of halogens is 6. The Morgan fingerprint density at radius 1 is 1.08 bits per heavy atom. The van der Waals surface area contributed by atoms with Crippen LogP contribution in [-0.2, 0) is 19.9 Å². The van der Waals surface area contributed by atoms with Crippen molar-refractivity contribution in [2.75, 3.05) is 6.61 Å². The van der Waals surface area contributed by atoms with E-state index in [2.05, 4.69) is 15.2 Å². The Kier molecular flexibility index (Phi) is 9.23. The molecule has 2 aromatic heterocycles. The molecule has 2 aliphatic rings. The number of nitrogens with zero attached hydrogens (tertiary/aromatic N) is 6. The number of nitrogens with two attached hydrogens (primary N) is 1. The van der Waals surface area contributed by atoms with Crippen LogP contribution in [0.5, 0.6) is 0 Å². The van der Waals surface area contributed by atoms with Crippen LogP contribution < -0.4 is 5.73 Å². The van der Waals surface area contributed by atoms with E-state index in [4.69, 9.17) is 22.1 Å². The number of esters is 1. The zero-order chi connectivity index (χ0) is 36.9. The van der Waals surface area contributed by atoms with Gasteiger partial charge in [0, 0.05) is 24.2 Å². The van der Waals surface area contributed by atoms with Crippen molar-refractivity contribution in [3.8, 4) is 16.8 Å². The molecule has 0 unspecified atom stereocenters. The first kappa shape index (κ1) is 36.0. The lowest BCUT2D eigenvalue weighted by Crippen LogP contribution is -2.49. The monoisotopic (exact) mass is 731 g/mol. The molecule has 2 atom stereocenters. The van der Waals surface area contributed by atoms with Crippen molar-refractivity contribution < 1.29 is 36.3 Å². The first-order valence-corrected chi connectivity index (χ1v) is 16.4. The summed E-state index contributed by atoms with van der Waals surface area (Å²) in [4.78, 5) is 33.3. The minimum atomic E-state index is -4.75. The van der Waals surface area contributed by atoms with E-state index in [0.29, 0.717) is 32.1 Å². The molecule has 1 saturated carbocycles. The van der Waals surface area contributed by atoms with Gasteiger partial charge in [-0.05, 0) is 59.6 Å². The molecule has 270 valence electrons. The number of hydrogen-bond acceptors (Lipinski definition) is 7. The Balaban J connectivity index is 1.42. The van der Waals surface area contributed by atoms with Gasteiger partial charge < -0.3 is 10.5 Å². The molecule has 16 heteroatoms. The summed E-state index contributed by atoms with van der Waals surface area (Å²) in [5.41, 5.74) is 3.38. The first-order valence-electron chi connectivity index (χ1n) is 16.1. The highest BCUT2D eigenvalue weighted by atomic mass is 35.5. The molecule has 10 nitrogen and oxygen atoms in total. The molecule has 3 heterocycles. The summed E-state index contributed by atoms with van der Waals surface area (Å²) in [7, 11) is 0. The average molecular weight is 732 g/mol. The van der Waals surface area contributed by atoms with Gasteiger partial charge >= 0.3 is 18.7 Å². The van der Waals surface area contributed by atoms with E-state index in [1.54, 1.807) is 36.7 Å². The number of guanidine groups is 1. The van der Waals surface area contributed by atoms with Crippen molar-refractivity contribution in [2.45, 2.75) is 70.8 Å². The summed E-state index contributed by atoms with van der Waals surface area (Å²) in [6.07, 6.45) is 1.86. The number of hydrogen-bond donors (Lipinski definition) is 1. The molecule has 51 heavy (non-hydrogen) atoms. The van der Waals surface area contributed by atoms with Gasteiger partial charge in [0.1, 0.15) is 6.61 Å². The Morgan fingerprint density at radius 2 is 1.78 bits per heavy atom. The number of carbonyl (C=O) groups is 2. The van der Waals surface area contributed by atoms with Crippen LogP contribution in [0.4, 0.5) is 22.0 Å². The van der Waals surface area contributed by atoms with Crippen molar-refractivity contribution in [1.29, 1.82) is 0 Å². The molecule has 0 spiro atoms. The summed E-state index contributed by atoms with van der Waals surface area (Å²) in [5.74, 6) is -1.76. The number of carbonyl (C=O) groups excluding carboxylic acids is 2. The zero-order valence-electron chi connectivity index (χ0n) is 27.9. The Hall–Kier alpha value is -4.79. The van der Waals surface area contributed by atoms with Crippen LogP contribution in [-0.4, -0.2) is 55.1 Å². The molecule has 0 radical (unpaired) electrons. The van der Waals surface area contributed by atoms with Gasteiger partial charge in [-0.3, -0.25) is 14.5 Å². The fourth-order valence-corrected chi connectivity index (χ4v) is 6.39. The maximum atomic E-state index is 14.8. The molecule has 1 fully saturated rings. The number of benzene rings is 2. The number of aromatic nitrogens is 4. The predicted molar refractivity (Wildman–Crippen MR) is 178 cm³/mol. The molecule has 1 aliphatic carbocycles. The normalized spacial score (nSPS) is 19.4.